The topological polar surface area (TPSA) is 75.4 Å². The Bertz CT molecular complexity index is 650. The molecule has 0 saturated carbocycles. The molecule has 2 atom stereocenters. The molecule has 0 radical (unpaired) electrons. The minimum atomic E-state index is -0.835. The Morgan fingerprint density at radius 2 is 2.21 bits per heavy atom. The summed E-state index contributed by atoms with van der Waals surface area (Å²) in [7, 11) is 1.81. The van der Waals surface area contributed by atoms with Crippen LogP contribution in [0.15, 0.2) is 24.0 Å². The van der Waals surface area contributed by atoms with Crippen molar-refractivity contribution in [2.45, 2.75) is 51.0 Å². The van der Waals surface area contributed by atoms with Crippen molar-refractivity contribution in [3.8, 4) is 0 Å². The second-order valence-electron chi connectivity index (χ2n) is 6.82. The van der Waals surface area contributed by atoms with E-state index < -0.39 is 17.9 Å². The number of carboxylic acids is 1. The number of carbonyl (C=O) groups is 2. The average Bonchev–Trinajstić information content (AvgIpc) is 3.00. The quantitative estimate of drug-likeness (QED) is 0.842. The fourth-order valence-electron chi connectivity index (χ4n) is 3.88. The third-order valence-electron chi connectivity index (χ3n) is 5.15. The zero-order valence-corrected chi connectivity index (χ0v) is 14.1. The summed E-state index contributed by atoms with van der Waals surface area (Å²) in [5.74, 6) is -1.34. The van der Waals surface area contributed by atoms with Crippen LogP contribution in [0.4, 0.5) is 0 Å². The highest BCUT2D eigenvalue weighted by Crippen LogP contribution is 2.37. The van der Waals surface area contributed by atoms with Crippen LogP contribution >= 0.6 is 0 Å². The maximum atomic E-state index is 12.5. The van der Waals surface area contributed by atoms with E-state index in [0.29, 0.717) is 19.4 Å². The molecular formula is C18H25N3O3. The molecule has 0 aromatic carbocycles. The largest absolute Gasteiger partial charge is 0.481 e. The van der Waals surface area contributed by atoms with E-state index in [1.54, 1.807) is 22.8 Å². The highest BCUT2D eigenvalue weighted by molar-refractivity contribution is 5.81. The molecule has 1 amide bonds. The molecule has 130 valence electrons. The molecule has 6 heteroatoms. The van der Waals surface area contributed by atoms with E-state index >= 15 is 0 Å². The molecular weight excluding hydrogens is 306 g/mol. The molecule has 1 aliphatic carbocycles. The van der Waals surface area contributed by atoms with E-state index in [-0.39, 0.29) is 5.91 Å². The number of amides is 1. The molecule has 1 fully saturated rings. The Morgan fingerprint density at radius 1 is 1.38 bits per heavy atom. The summed E-state index contributed by atoms with van der Waals surface area (Å²) in [6, 6.07) is -0.415. The Morgan fingerprint density at radius 3 is 2.83 bits per heavy atom. The molecule has 24 heavy (non-hydrogen) atoms. The lowest BCUT2D eigenvalue weighted by Gasteiger charge is -2.39. The number of hydrogen-bond donors (Lipinski definition) is 1. The normalized spacial score (nSPS) is 24.8. The first-order chi connectivity index (χ1) is 11.6. The number of carboxylic acid groups (broad SMARTS) is 1. The van der Waals surface area contributed by atoms with Crippen LogP contribution < -0.4 is 0 Å². The summed E-state index contributed by atoms with van der Waals surface area (Å²) in [4.78, 5) is 26.0. The highest BCUT2D eigenvalue weighted by Gasteiger charge is 2.41. The van der Waals surface area contributed by atoms with Gasteiger partial charge in [-0.3, -0.25) is 14.3 Å². The van der Waals surface area contributed by atoms with Crippen LogP contribution in [0.25, 0.3) is 0 Å². The maximum Gasteiger partial charge on any atom is 0.308 e. The Kier molecular flexibility index (Phi) is 5.02. The Hall–Kier alpha value is -2.11. The van der Waals surface area contributed by atoms with Gasteiger partial charge in [-0.2, -0.15) is 5.10 Å². The molecule has 2 aliphatic rings. The van der Waals surface area contributed by atoms with E-state index in [2.05, 4.69) is 11.2 Å². The Labute approximate surface area is 142 Å². The van der Waals surface area contributed by atoms with E-state index in [1.165, 1.54) is 18.4 Å². The summed E-state index contributed by atoms with van der Waals surface area (Å²) in [5, 5.41) is 13.8. The molecule has 1 saturated heterocycles. The molecule has 0 spiro atoms. The lowest BCUT2D eigenvalue weighted by atomic mass is 9.85. The molecule has 1 aromatic rings. The molecule has 2 heterocycles. The van der Waals surface area contributed by atoms with E-state index in [0.717, 1.165) is 24.8 Å². The van der Waals surface area contributed by atoms with Crippen LogP contribution in [0.5, 0.6) is 0 Å². The molecule has 0 unspecified atom stereocenters. The second-order valence-corrected chi connectivity index (χ2v) is 6.82. The number of allylic oxidation sites excluding steroid dienone is 1. The number of aryl methyl sites for hydroxylation is 1. The zero-order valence-electron chi connectivity index (χ0n) is 14.1. The predicted octanol–water partition coefficient (Wildman–Crippen LogP) is 2.67. The highest BCUT2D eigenvalue weighted by atomic mass is 16.4. The lowest BCUT2D eigenvalue weighted by molar-refractivity contribution is -0.152. The van der Waals surface area contributed by atoms with Crippen LogP contribution in [0.2, 0.25) is 0 Å². The summed E-state index contributed by atoms with van der Waals surface area (Å²) in [6.07, 6.45) is 12.0. The second kappa shape index (κ2) is 7.20. The minimum Gasteiger partial charge on any atom is -0.481 e. The van der Waals surface area contributed by atoms with Gasteiger partial charge in [0.15, 0.2) is 0 Å². The molecule has 3 rings (SSSR count). The van der Waals surface area contributed by atoms with Crippen molar-refractivity contribution >= 4 is 11.9 Å². The number of carbonyl (C=O) groups excluding carboxylic acids is 1. The number of piperidine rings is 1. The van der Waals surface area contributed by atoms with Crippen molar-refractivity contribution < 1.29 is 14.7 Å². The van der Waals surface area contributed by atoms with Crippen molar-refractivity contribution in [1.29, 1.82) is 0 Å². The van der Waals surface area contributed by atoms with E-state index in [4.69, 9.17) is 0 Å². The van der Waals surface area contributed by atoms with Gasteiger partial charge in [-0.1, -0.05) is 11.6 Å². The number of aromatic nitrogens is 2. The number of aliphatic carboxylic acids is 1. The SMILES string of the molecule is Cn1cc([C@H]2[C@@H](C(=O)O)CCC(=O)N2CCC2=CCCCC2)cn1. The van der Waals surface area contributed by atoms with Gasteiger partial charge in [0, 0.05) is 31.8 Å². The van der Waals surface area contributed by atoms with Crippen LogP contribution in [-0.4, -0.2) is 38.2 Å². The van der Waals surface area contributed by atoms with Gasteiger partial charge in [-0.25, -0.2) is 0 Å². The van der Waals surface area contributed by atoms with E-state index in [9.17, 15) is 14.7 Å². The first-order valence-corrected chi connectivity index (χ1v) is 8.75. The first kappa shape index (κ1) is 16.7. The standard InChI is InChI=1S/C18H25N3O3/c1-20-12-14(11-19-20)17-15(18(23)24)7-8-16(22)21(17)10-9-13-5-3-2-4-6-13/h5,11-12,15,17H,2-4,6-10H2,1H3,(H,23,24)/t15-,17-/m0/s1. The van der Waals surface area contributed by atoms with Crippen LogP contribution in [0, 0.1) is 5.92 Å². The average molecular weight is 331 g/mol. The van der Waals surface area contributed by atoms with Gasteiger partial charge in [0.1, 0.15) is 0 Å². The van der Waals surface area contributed by atoms with Gasteiger partial charge in [0.05, 0.1) is 18.2 Å². The minimum absolute atomic E-state index is 0.0535. The first-order valence-electron chi connectivity index (χ1n) is 8.75. The van der Waals surface area contributed by atoms with Gasteiger partial charge in [0.2, 0.25) is 5.91 Å². The maximum absolute atomic E-state index is 12.5. The zero-order chi connectivity index (χ0) is 17.1. The molecule has 6 nitrogen and oxygen atoms in total. The van der Waals surface area contributed by atoms with Gasteiger partial charge in [-0.15, -0.1) is 0 Å². The number of hydrogen-bond acceptors (Lipinski definition) is 3. The molecule has 1 aliphatic heterocycles. The Balaban J connectivity index is 1.82. The van der Waals surface area contributed by atoms with Crippen LogP contribution in [0.3, 0.4) is 0 Å². The molecule has 1 aromatic heterocycles. The van der Waals surface area contributed by atoms with Crippen molar-refractivity contribution in [3.63, 3.8) is 0 Å². The fraction of sp³-hybridized carbons (Fsp3) is 0.611. The number of rotatable bonds is 5. The summed E-state index contributed by atoms with van der Waals surface area (Å²) in [5.41, 5.74) is 2.21. The summed E-state index contributed by atoms with van der Waals surface area (Å²) in [6.45, 7) is 0.591. The third-order valence-corrected chi connectivity index (χ3v) is 5.15. The van der Waals surface area contributed by atoms with Crippen molar-refractivity contribution in [2.75, 3.05) is 6.54 Å². The third kappa shape index (κ3) is 3.52. The predicted molar refractivity (Wildman–Crippen MR) is 89.2 cm³/mol. The smallest absolute Gasteiger partial charge is 0.308 e. The van der Waals surface area contributed by atoms with Crippen molar-refractivity contribution in [1.82, 2.24) is 14.7 Å². The van der Waals surface area contributed by atoms with E-state index in [1.807, 2.05) is 6.20 Å². The van der Waals surface area contributed by atoms with Crippen LogP contribution in [0.1, 0.15) is 56.6 Å². The molecule has 1 N–H and O–H groups in total. The van der Waals surface area contributed by atoms with Crippen molar-refractivity contribution in [2.24, 2.45) is 13.0 Å². The summed E-state index contributed by atoms with van der Waals surface area (Å²) >= 11 is 0. The van der Waals surface area contributed by atoms with Crippen LogP contribution in [-0.2, 0) is 16.6 Å². The van der Waals surface area contributed by atoms with Gasteiger partial charge in [-0.05, 0) is 38.5 Å². The fourth-order valence-corrected chi connectivity index (χ4v) is 3.88. The van der Waals surface area contributed by atoms with Crippen molar-refractivity contribution in [3.05, 3.63) is 29.6 Å². The van der Waals surface area contributed by atoms with Gasteiger partial charge < -0.3 is 10.0 Å². The van der Waals surface area contributed by atoms with Gasteiger partial charge in [0.25, 0.3) is 0 Å². The number of likely N-dealkylation sites (tertiary alicyclic amines) is 1. The monoisotopic (exact) mass is 331 g/mol. The summed E-state index contributed by atoms with van der Waals surface area (Å²) < 4.78 is 1.66. The lowest BCUT2D eigenvalue weighted by Crippen LogP contribution is -2.45. The number of nitrogens with zero attached hydrogens (tertiary/aromatic N) is 3. The molecule has 0 bridgehead atoms. The van der Waals surface area contributed by atoms with Gasteiger partial charge >= 0.3 is 5.97 Å².